The van der Waals surface area contributed by atoms with E-state index in [2.05, 4.69) is 9.93 Å². The van der Waals surface area contributed by atoms with Crippen molar-refractivity contribution in [1.82, 2.24) is 4.98 Å². The lowest BCUT2D eigenvalue weighted by molar-refractivity contribution is -0.225. The largest absolute Gasteiger partial charge is 0.449 e. The molecular weight excluding hydrogens is 245 g/mol. The van der Waals surface area contributed by atoms with E-state index in [-0.39, 0.29) is 18.9 Å². The number of aliphatic hydroxyl groups excluding tert-OH is 1. The fraction of sp³-hybridized carbons (Fsp3) is 0.500. The van der Waals surface area contributed by atoms with Crippen LogP contribution in [0, 0.1) is 0 Å². The highest BCUT2D eigenvalue weighted by Gasteiger charge is 2.51. The smallest absolute Gasteiger partial charge is 0.420 e. The lowest BCUT2D eigenvalue weighted by Gasteiger charge is -2.15. The lowest BCUT2D eigenvalue weighted by Crippen LogP contribution is -2.36. The average Bonchev–Trinajstić information content (AvgIpc) is 2.75. The zero-order chi connectivity index (χ0) is 13.1. The molecule has 9 heteroatoms. The molecule has 0 aliphatic carbocycles. The molecule has 1 unspecified atom stereocenters. The average molecular weight is 254 g/mol. The molecule has 3 N–H and O–H groups in total. The monoisotopic (exact) mass is 254 g/mol. The molecule has 6 nitrogen and oxygen atoms in total. The van der Waals surface area contributed by atoms with Crippen molar-refractivity contribution in [2.75, 3.05) is 6.54 Å². The maximum Gasteiger partial charge on any atom is 0.420 e. The Balaban J connectivity index is 2.87. The van der Waals surface area contributed by atoms with Gasteiger partial charge in [-0.1, -0.05) is 0 Å². The second-order valence-corrected chi connectivity index (χ2v) is 3.09. The minimum Gasteiger partial charge on any atom is -0.449 e. The molecule has 0 aromatic carbocycles. The summed E-state index contributed by atoms with van der Waals surface area (Å²) in [5, 5.41) is 9.16. The number of halogens is 3. The maximum absolute atomic E-state index is 13.0. The number of hydrogen-bond donors (Lipinski definition) is 2. The van der Waals surface area contributed by atoms with E-state index in [0.29, 0.717) is 0 Å². The van der Waals surface area contributed by atoms with Crippen LogP contribution in [0.2, 0.25) is 0 Å². The standard InChI is InChI=1S/C8H9F3N2O4/c9-8(10,7(15)17-11)6(14)4-3-16-5(13-4)1-2-12/h3,6,14H,1-2,12H2. The maximum atomic E-state index is 13.0. The second-order valence-electron chi connectivity index (χ2n) is 3.09. The number of aliphatic hydroxyl groups is 1. The molecule has 0 aliphatic rings. The summed E-state index contributed by atoms with van der Waals surface area (Å²) in [4.78, 5) is 16.3. The molecule has 1 atom stereocenters. The van der Waals surface area contributed by atoms with E-state index < -0.39 is 23.7 Å². The van der Waals surface area contributed by atoms with Crippen molar-refractivity contribution in [3.8, 4) is 0 Å². The van der Waals surface area contributed by atoms with Gasteiger partial charge >= 0.3 is 11.9 Å². The Hall–Kier alpha value is -1.61. The van der Waals surface area contributed by atoms with Gasteiger partial charge in [-0.25, -0.2) is 14.7 Å². The summed E-state index contributed by atoms with van der Waals surface area (Å²) in [6, 6.07) is 0. The van der Waals surface area contributed by atoms with Gasteiger partial charge in [-0.05, 0) is 0 Å². The molecule has 0 radical (unpaired) electrons. The van der Waals surface area contributed by atoms with Crippen LogP contribution in [0.25, 0.3) is 0 Å². The Morgan fingerprint density at radius 3 is 2.88 bits per heavy atom. The molecule has 0 amide bonds. The highest BCUT2D eigenvalue weighted by atomic mass is 19.3. The van der Waals surface area contributed by atoms with Gasteiger partial charge in [-0.15, -0.1) is 0 Å². The number of oxazole rings is 1. The summed E-state index contributed by atoms with van der Waals surface area (Å²) < 4.78 is 42.1. The number of aromatic nitrogens is 1. The third kappa shape index (κ3) is 2.74. The van der Waals surface area contributed by atoms with Crippen molar-refractivity contribution < 1.29 is 32.6 Å². The summed E-state index contributed by atoms with van der Waals surface area (Å²) in [7, 11) is 0. The minimum atomic E-state index is -4.45. The number of hydrogen-bond acceptors (Lipinski definition) is 6. The SMILES string of the molecule is NCCc1nc(C(O)C(F)(F)C(=O)OF)co1. The van der Waals surface area contributed by atoms with Crippen LogP contribution in [0.4, 0.5) is 13.3 Å². The van der Waals surface area contributed by atoms with Gasteiger partial charge in [-0.3, -0.25) is 0 Å². The molecule has 1 aromatic rings. The Kier molecular flexibility index (Phi) is 4.07. The summed E-state index contributed by atoms with van der Waals surface area (Å²) in [6.45, 7) is 0.166. The van der Waals surface area contributed by atoms with Crippen LogP contribution in [0.1, 0.15) is 17.7 Å². The lowest BCUT2D eigenvalue weighted by atomic mass is 10.1. The zero-order valence-corrected chi connectivity index (χ0v) is 8.40. The highest BCUT2D eigenvalue weighted by molar-refractivity contribution is 5.77. The predicted octanol–water partition coefficient (Wildman–Crippen LogP) is 0.272. The summed E-state index contributed by atoms with van der Waals surface area (Å²) >= 11 is 0. The quantitative estimate of drug-likeness (QED) is 0.782. The number of carbonyl (C=O) groups excluding carboxylic acids is 1. The van der Waals surface area contributed by atoms with E-state index in [1.165, 1.54) is 0 Å². The third-order valence-corrected chi connectivity index (χ3v) is 1.89. The molecule has 0 bridgehead atoms. The van der Waals surface area contributed by atoms with Gasteiger partial charge in [0.25, 0.3) is 0 Å². The first-order valence-corrected chi connectivity index (χ1v) is 4.46. The van der Waals surface area contributed by atoms with Crippen LogP contribution < -0.4 is 5.73 Å². The Bertz CT molecular complexity index is 396. The molecule has 0 aliphatic heterocycles. The molecule has 96 valence electrons. The topological polar surface area (TPSA) is 98.6 Å². The van der Waals surface area contributed by atoms with Crippen molar-refractivity contribution in [2.24, 2.45) is 5.73 Å². The molecule has 1 rings (SSSR count). The first kappa shape index (κ1) is 13.5. The Morgan fingerprint density at radius 2 is 2.35 bits per heavy atom. The van der Waals surface area contributed by atoms with Crippen molar-refractivity contribution in [2.45, 2.75) is 18.4 Å². The number of carbonyl (C=O) groups is 1. The van der Waals surface area contributed by atoms with Crippen LogP contribution in [0.5, 0.6) is 0 Å². The van der Waals surface area contributed by atoms with Gasteiger partial charge < -0.3 is 15.3 Å². The second kappa shape index (κ2) is 5.15. The molecular formula is C8H9F3N2O4. The van der Waals surface area contributed by atoms with Crippen molar-refractivity contribution in [3.05, 3.63) is 17.8 Å². The zero-order valence-electron chi connectivity index (χ0n) is 8.40. The number of rotatable bonds is 5. The molecule has 0 saturated heterocycles. The molecule has 1 heterocycles. The Morgan fingerprint density at radius 1 is 1.71 bits per heavy atom. The van der Waals surface area contributed by atoms with Crippen molar-refractivity contribution >= 4 is 5.97 Å². The van der Waals surface area contributed by atoms with E-state index in [4.69, 9.17) is 15.3 Å². The molecule has 0 fully saturated rings. The van der Waals surface area contributed by atoms with Crippen molar-refractivity contribution in [3.63, 3.8) is 0 Å². The first-order chi connectivity index (χ1) is 7.93. The van der Waals surface area contributed by atoms with Gasteiger partial charge in [0.05, 0.1) is 0 Å². The molecule has 1 aromatic heterocycles. The molecule has 0 saturated carbocycles. The van der Waals surface area contributed by atoms with E-state index >= 15 is 0 Å². The van der Waals surface area contributed by atoms with E-state index in [9.17, 15) is 18.1 Å². The van der Waals surface area contributed by atoms with E-state index in [1.807, 2.05) is 0 Å². The number of alkyl halides is 2. The normalized spacial score (nSPS) is 13.5. The van der Waals surface area contributed by atoms with Crippen LogP contribution in [-0.4, -0.2) is 28.5 Å². The minimum absolute atomic E-state index is 0.0194. The summed E-state index contributed by atoms with van der Waals surface area (Å²) in [5.41, 5.74) is 4.56. The van der Waals surface area contributed by atoms with Gasteiger partial charge in [0.2, 0.25) is 0 Å². The highest BCUT2D eigenvalue weighted by Crippen LogP contribution is 2.32. The first-order valence-electron chi connectivity index (χ1n) is 4.46. The van der Waals surface area contributed by atoms with E-state index in [0.717, 1.165) is 6.26 Å². The van der Waals surface area contributed by atoms with Crippen molar-refractivity contribution in [1.29, 1.82) is 0 Å². The Labute approximate surface area is 93.1 Å². The van der Waals surface area contributed by atoms with E-state index in [1.54, 1.807) is 0 Å². The molecule has 17 heavy (non-hydrogen) atoms. The van der Waals surface area contributed by atoms with Gasteiger partial charge in [0, 0.05) is 17.5 Å². The fourth-order valence-electron chi connectivity index (χ4n) is 1.04. The number of nitrogens with zero attached hydrogens (tertiary/aromatic N) is 1. The van der Waals surface area contributed by atoms with Gasteiger partial charge in [0.15, 0.2) is 12.0 Å². The van der Waals surface area contributed by atoms with Crippen LogP contribution in [0.3, 0.4) is 0 Å². The predicted molar refractivity (Wildman–Crippen MR) is 46.4 cm³/mol. The van der Waals surface area contributed by atoms with Gasteiger partial charge in [0.1, 0.15) is 12.0 Å². The van der Waals surface area contributed by atoms with Gasteiger partial charge in [-0.2, -0.15) is 8.78 Å². The third-order valence-electron chi connectivity index (χ3n) is 1.89. The summed E-state index contributed by atoms with van der Waals surface area (Å²) in [6.07, 6.45) is -1.75. The molecule has 0 spiro atoms. The van der Waals surface area contributed by atoms with Crippen LogP contribution in [-0.2, 0) is 16.2 Å². The fourth-order valence-corrected chi connectivity index (χ4v) is 1.04. The van der Waals surface area contributed by atoms with Crippen LogP contribution >= 0.6 is 0 Å². The van der Waals surface area contributed by atoms with Crippen LogP contribution in [0.15, 0.2) is 10.7 Å². The summed E-state index contributed by atoms with van der Waals surface area (Å²) in [5.74, 6) is -6.94. The number of nitrogens with two attached hydrogens (primary N) is 1.